The highest BCUT2D eigenvalue weighted by atomic mass is 16.1. The molecule has 0 spiro atoms. The van der Waals surface area contributed by atoms with Crippen LogP contribution in [0.3, 0.4) is 0 Å². The second-order valence-corrected chi connectivity index (χ2v) is 7.50. The highest BCUT2D eigenvalue weighted by molar-refractivity contribution is 5.91. The molecule has 0 unspecified atom stereocenters. The molecule has 1 fully saturated rings. The Kier molecular flexibility index (Phi) is 5.24. The van der Waals surface area contributed by atoms with Crippen LogP contribution in [0.4, 0.5) is 11.6 Å². The van der Waals surface area contributed by atoms with Gasteiger partial charge in [0.25, 0.3) is 0 Å². The molecule has 4 heterocycles. The summed E-state index contributed by atoms with van der Waals surface area (Å²) in [6.07, 6.45) is 1.55. The number of pyridine rings is 1. The number of hydrogen-bond donors (Lipinski definition) is 1. The lowest BCUT2D eigenvalue weighted by Crippen LogP contribution is -2.38. The van der Waals surface area contributed by atoms with Crippen LogP contribution in [0.2, 0.25) is 0 Å². The monoisotopic (exact) mass is 391 g/mol. The zero-order valence-electron chi connectivity index (χ0n) is 17.0. The van der Waals surface area contributed by atoms with Crippen LogP contribution in [0.25, 0.3) is 5.82 Å². The second kappa shape index (κ2) is 7.98. The fraction of sp³-hybridized carbons (Fsp3) is 0.381. The zero-order valence-corrected chi connectivity index (χ0v) is 17.0. The van der Waals surface area contributed by atoms with Crippen molar-refractivity contribution in [2.24, 2.45) is 5.92 Å². The molecule has 8 nitrogen and oxygen atoms in total. The van der Waals surface area contributed by atoms with E-state index in [0.29, 0.717) is 11.6 Å². The first-order valence-electron chi connectivity index (χ1n) is 9.86. The lowest BCUT2D eigenvalue weighted by atomic mass is 9.96. The average molecular weight is 391 g/mol. The van der Waals surface area contributed by atoms with E-state index in [1.54, 1.807) is 4.68 Å². The molecule has 1 amide bonds. The smallest absolute Gasteiger partial charge is 0.228 e. The largest absolute Gasteiger partial charge is 0.355 e. The van der Waals surface area contributed by atoms with E-state index in [-0.39, 0.29) is 11.8 Å². The van der Waals surface area contributed by atoms with Crippen molar-refractivity contribution in [2.45, 2.75) is 33.6 Å². The molecule has 1 saturated heterocycles. The SMILES string of the molecule is Cc1cccc(NC(=O)C2CCN(c3ccc(-n4nc(C)cc4C)nn3)CC2)n1. The van der Waals surface area contributed by atoms with Crippen LogP contribution < -0.4 is 10.2 Å². The quantitative estimate of drug-likeness (QED) is 0.736. The van der Waals surface area contributed by atoms with Crippen LogP contribution in [0.5, 0.6) is 0 Å². The van der Waals surface area contributed by atoms with Gasteiger partial charge in [-0.2, -0.15) is 5.10 Å². The Hall–Kier alpha value is -3.29. The molecule has 0 atom stereocenters. The Morgan fingerprint density at radius 2 is 1.72 bits per heavy atom. The molecule has 0 aliphatic carbocycles. The van der Waals surface area contributed by atoms with Crippen LogP contribution in [0.15, 0.2) is 36.4 Å². The number of nitrogens with zero attached hydrogens (tertiary/aromatic N) is 6. The fourth-order valence-electron chi connectivity index (χ4n) is 3.67. The molecule has 0 saturated carbocycles. The molecular formula is C21H25N7O. The number of anilines is 2. The molecule has 0 aromatic carbocycles. The number of piperidine rings is 1. The van der Waals surface area contributed by atoms with Gasteiger partial charge in [0.2, 0.25) is 5.91 Å². The van der Waals surface area contributed by atoms with Crippen LogP contribution in [-0.2, 0) is 4.79 Å². The molecule has 150 valence electrons. The van der Waals surface area contributed by atoms with E-state index in [2.05, 4.69) is 30.5 Å². The molecule has 0 radical (unpaired) electrons. The number of hydrogen-bond acceptors (Lipinski definition) is 6. The maximum Gasteiger partial charge on any atom is 0.228 e. The summed E-state index contributed by atoms with van der Waals surface area (Å²) in [5.41, 5.74) is 2.87. The summed E-state index contributed by atoms with van der Waals surface area (Å²) in [5, 5.41) is 16.1. The Morgan fingerprint density at radius 3 is 2.34 bits per heavy atom. The van der Waals surface area contributed by atoms with Gasteiger partial charge in [-0.1, -0.05) is 6.07 Å². The van der Waals surface area contributed by atoms with Crippen molar-refractivity contribution in [3.8, 4) is 5.82 Å². The standard InChI is InChI=1S/C21H25N7O/c1-14-5-4-6-18(22-14)23-21(29)17-9-11-27(12-10-17)19-7-8-20(25-24-19)28-16(3)13-15(2)26-28/h4-8,13,17H,9-12H2,1-3H3,(H,22,23,29). The van der Waals surface area contributed by atoms with Crippen LogP contribution in [-0.4, -0.2) is 44.0 Å². The lowest BCUT2D eigenvalue weighted by molar-refractivity contribution is -0.120. The number of rotatable bonds is 4. The minimum atomic E-state index is -0.0181. The van der Waals surface area contributed by atoms with Crippen molar-refractivity contribution in [3.05, 3.63) is 53.5 Å². The number of carbonyl (C=O) groups is 1. The number of amides is 1. The third-order valence-corrected chi connectivity index (χ3v) is 5.19. The molecule has 0 bridgehead atoms. The predicted octanol–water partition coefficient (Wildman–Crippen LogP) is 2.84. The van der Waals surface area contributed by atoms with Gasteiger partial charge < -0.3 is 10.2 Å². The minimum absolute atomic E-state index is 0.0181. The highest BCUT2D eigenvalue weighted by Gasteiger charge is 2.26. The van der Waals surface area contributed by atoms with E-state index >= 15 is 0 Å². The van der Waals surface area contributed by atoms with Crippen molar-refractivity contribution in [1.29, 1.82) is 0 Å². The van der Waals surface area contributed by atoms with Gasteiger partial charge in [0.15, 0.2) is 11.6 Å². The van der Waals surface area contributed by atoms with Gasteiger partial charge in [-0.3, -0.25) is 4.79 Å². The summed E-state index contributed by atoms with van der Waals surface area (Å²) < 4.78 is 1.79. The van der Waals surface area contributed by atoms with Gasteiger partial charge in [0, 0.05) is 30.4 Å². The molecule has 1 aliphatic heterocycles. The predicted molar refractivity (Wildman–Crippen MR) is 111 cm³/mol. The third-order valence-electron chi connectivity index (χ3n) is 5.19. The van der Waals surface area contributed by atoms with Gasteiger partial charge in [-0.25, -0.2) is 9.67 Å². The summed E-state index contributed by atoms with van der Waals surface area (Å²) in [4.78, 5) is 19.1. The Morgan fingerprint density at radius 1 is 1.00 bits per heavy atom. The van der Waals surface area contributed by atoms with Crippen molar-refractivity contribution in [1.82, 2.24) is 25.0 Å². The summed E-state index contributed by atoms with van der Waals surface area (Å²) in [5.74, 6) is 2.17. The zero-order chi connectivity index (χ0) is 20.4. The summed E-state index contributed by atoms with van der Waals surface area (Å²) in [6, 6.07) is 11.5. The first-order valence-corrected chi connectivity index (χ1v) is 9.86. The van der Waals surface area contributed by atoms with Gasteiger partial charge in [0.1, 0.15) is 5.82 Å². The number of aromatic nitrogens is 5. The molecule has 3 aromatic heterocycles. The summed E-state index contributed by atoms with van der Waals surface area (Å²) in [6.45, 7) is 7.41. The number of aryl methyl sites for hydroxylation is 3. The van der Waals surface area contributed by atoms with Gasteiger partial charge >= 0.3 is 0 Å². The van der Waals surface area contributed by atoms with Crippen LogP contribution >= 0.6 is 0 Å². The highest BCUT2D eigenvalue weighted by Crippen LogP contribution is 2.23. The first kappa shape index (κ1) is 19.0. The number of nitrogens with one attached hydrogen (secondary N) is 1. The van der Waals surface area contributed by atoms with E-state index in [0.717, 1.165) is 48.8 Å². The van der Waals surface area contributed by atoms with Crippen molar-refractivity contribution in [2.75, 3.05) is 23.3 Å². The van der Waals surface area contributed by atoms with Crippen molar-refractivity contribution >= 4 is 17.5 Å². The molecule has 1 N–H and O–H groups in total. The van der Waals surface area contributed by atoms with Crippen LogP contribution in [0, 0.1) is 26.7 Å². The summed E-state index contributed by atoms with van der Waals surface area (Å²) in [7, 11) is 0. The van der Waals surface area contributed by atoms with E-state index < -0.39 is 0 Å². The second-order valence-electron chi connectivity index (χ2n) is 7.50. The van der Waals surface area contributed by atoms with E-state index in [4.69, 9.17) is 0 Å². The molecule has 1 aliphatic rings. The van der Waals surface area contributed by atoms with E-state index in [1.165, 1.54) is 0 Å². The average Bonchev–Trinajstić information content (AvgIpc) is 3.06. The van der Waals surface area contributed by atoms with E-state index in [9.17, 15) is 4.79 Å². The first-order chi connectivity index (χ1) is 14.0. The van der Waals surface area contributed by atoms with Crippen LogP contribution in [0.1, 0.15) is 29.9 Å². The molecular weight excluding hydrogens is 366 g/mol. The maximum atomic E-state index is 12.6. The third kappa shape index (κ3) is 4.26. The van der Waals surface area contributed by atoms with Crippen molar-refractivity contribution in [3.63, 3.8) is 0 Å². The normalized spacial score (nSPS) is 14.8. The minimum Gasteiger partial charge on any atom is -0.355 e. The molecule has 29 heavy (non-hydrogen) atoms. The van der Waals surface area contributed by atoms with Gasteiger partial charge in [-0.15, -0.1) is 10.2 Å². The lowest BCUT2D eigenvalue weighted by Gasteiger charge is -2.31. The van der Waals surface area contributed by atoms with Crippen molar-refractivity contribution < 1.29 is 4.79 Å². The number of carbonyl (C=O) groups excluding carboxylic acids is 1. The molecule has 8 heteroatoms. The Labute approximate surface area is 170 Å². The summed E-state index contributed by atoms with van der Waals surface area (Å²) >= 11 is 0. The van der Waals surface area contributed by atoms with Gasteiger partial charge in [0.05, 0.1) is 5.69 Å². The Balaban J connectivity index is 1.35. The van der Waals surface area contributed by atoms with Gasteiger partial charge in [-0.05, 0) is 63.9 Å². The molecule has 3 aromatic rings. The topological polar surface area (TPSA) is 88.8 Å². The van der Waals surface area contributed by atoms with E-state index in [1.807, 2.05) is 57.2 Å². The molecule has 4 rings (SSSR count). The Bertz CT molecular complexity index is 1000. The maximum absolute atomic E-state index is 12.6. The fourth-order valence-corrected chi connectivity index (χ4v) is 3.67.